The molecule has 0 aliphatic carbocycles. The lowest BCUT2D eigenvalue weighted by Crippen LogP contribution is -2.48. The Bertz CT molecular complexity index is 416. The Kier molecular flexibility index (Phi) is 2.17. The summed E-state index contributed by atoms with van der Waals surface area (Å²) in [4.78, 5) is 18.1. The molecule has 0 N–H and O–H groups in total. The zero-order chi connectivity index (χ0) is 11.1. The molecule has 4 heteroatoms. The summed E-state index contributed by atoms with van der Waals surface area (Å²) in [5, 5.41) is 0. The Morgan fingerprint density at radius 1 is 1.44 bits per heavy atom. The molecule has 0 radical (unpaired) electrons. The number of fused-ring (bicyclic) bond motifs is 2. The number of aromatic nitrogens is 1. The first-order valence-electron chi connectivity index (χ1n) is 5.63. The lowest BCUT2D eigenvalue weighted by atomic mass is 10.2. The second kappa shape index (κ2) is 3.56. The van der Waals surface area contributed by atoms with Gasteiger partial charge in [0.1, 0.15) is 11.9 Å². The largest absolute Gasteiger partial charge is 0.363 e. The number of pyridine rings is 1. The molecule has 0 aromatic carbocycles. The van der Waals surface area contributed by atoms with Crippen molar-refractivity contribution in [3.63, 3.8) is 0 Å². The predicted molar refractivity (Wildman–Crippen MR) is 59.2 cm³/mol. The molecule has 2 saturated heterocycles. The number of amides is 1. The summed E-state index contributed by atoms with van der Waals surface area (Å²) in [6, 6.07) is 3.88. The van der Waals surface area contributed by atoms with Gasteiger partial charge >= 0.3 is 0 Å². The van der Waals surface area contributed by atoms with Crippen LogP contribution in [0.1, 0.15) is 18.4 Å². The second-order valence-electron chi connectivity index (χ2n) is 4.47. The molecule has 3 rings (SSSR count). The summed E-state index contributed by atoms with van der Waals surface area (Å²) in [6.07, 6.45) is 3.59. The number of aryl methyl sites for hydroxylation is 1. The topological polar surface area (TPSA) is 42.4 Å². The third-order valence-corrected chi connectivity index (χ3v) is 3.21. The molecule has 2 fully saturated rings. The zero-order valence-corrected chi connectivity index (χ0v) is 9.22. The smallest absolute Gasteiger partial charge is 0.257 e. The number of anilines is 1. The van der Waals surface area contributed by atoms with Crippen LogP contribution in [0.2, 0.25) is 0 Å². The highest BCUT2D eigenvalue weighted by Crippen LogP contribution is 2.29. The van der Waals surface area contributed by atoms with Crippen LogP contribution in [0.3, 0.4) is 0 Å². The average molecular weight is 218 g/mol. The van der Waals surface area contributed by atoms with Crippen molar-refractivity contribution in [2.45, 2.75) is 32.0 Å². The van der Waals surface area contributed by atoms with Crippen molar-refractivity contribution < 1.29 is 9.53 Å². The number of nitrogens with zero attached hydrogens (tertiary/aromatic N) is 2. The summed E-state index contributed by atoms with van der Waals surface area (Å²) in [6.45, 7) is 2.63. The summed E-state index contributed by atoms with van der Waals surface area (Å²) in [5.74, 6) is 0.806. The fraction of sp³-hybridized carbons (Fsp3) is 0.500. The first-order chi connectivity index (χ1) is 7.74. The van der Waals surface area contributed by atoms with E-state index in [-0.39, 0.29) is 18.1 Å². The van der Waals surface area contributed by atoms with Gasteiger partial charge in [-0.05, 0) is 31.4 Å². The van der Waals surface area contributed by atoms with Crippen LogP contribution in [0.25, 0.3) is 0 Å². The molecule has 4 nitrogen and oxygen atoms in total. The van der Waals surface area contributed by atoms with E-state index >= 15 is 0 Å². The normalized spacial score (nSPS) is 28.6. The highest BCUT2D eigenvalue weighted by molar-refractivity contribution is 5.96. The van der Waals surface area contributed by atoms with Gasteiger partial charge in [-0.2, -0.15) is 0 Å². The second-order valence-corrected chi connectivity index (χ2v) is 4.47. The van der Waals surface area contributed by atoms with Crippen molar-refractivity contribution in [1.82, 2.24) is 4.98 Å². The highest BCUT2D eigenvalue weighted by Gasteiger charge is 2.41. The van der Waals surface area contributed by atoms with Crippen LogP contribution < -0.4 is 4.90 Å². The molecule has 1 aromatic heterocycles. The van der Waals surface area contributed by atoms with Gasteiger partial charge in [0.25, 0.3) is 5.91 Å². The lowest BCUT2D eigenvalue weighted by molar-refractivity contribution is -0.133. The van der Waals surface area contributed by atoms with Crippen molar-refractivity contribution in [3.05, 3.63) is 23.9 Å². The van der Waals surface area contributed by atoms with E-state index in [4.69, 9.17) is 4.74 Å². The van der Waals surface area contributed by atoms with Crippen molar-refractivity contribution in [2.75, 3.05) is 11.4 Å². The maximum absolute atomic E-state index is 12.0. The predicted octanol–water partition coefficient (Wildman–Crippen LogP) is 1.28. The molecule has 2 bridgehead atoms. The molecule has 3 heterocycles. The van der Waals surface area contributed by atoms with Gasteiger partial charge in [-0.1, -0.05) is 6.07 Å². The molecule has 1 aromatic rings. The number of ether oxygens (including phenoxy) is 1. The summed E-state index contributed by atoms with van der Waals surface area (Å²) < 4.78 is 5.57. The van der Waals surface area contributed by atoms with Crippen LogP contribution in [0.15, 0.2) is 18.3 Å². The fourth-order valence-electron chi connectivity index (χ4n) is 2.32. The number of hydrogen-bond acceptors (Lipinski definition) is 3. The minimum Gasteiger partial charge on any atom is -0.363 e. The number of morpholine rings is 1. The van der Waals surface area contributed by atoms with Crippen LogP contribution in [0.4, 0.5) is 5.82 Å². The van der Waals surface area contributed by atoms with Gasteiger partial charge in [0, 0.05) is 6.20 Å². The number of carbonyl (C=O) groups is 1. The van der Waals surface area contributed by atoms with Gasteiger partial charge in [0.2, 0.25) is 0 Å². The van der Waals surface area contributed by atoms with Crippen molar-refractivity contribution >= 4 is 11.7 Å². The van der Waals surface area contributed by atoms with Gasteiger partial charge in [-0.3, -0.25) is 9.69 Å². The molecule has 84 valence electrons. The van der Waals surface area contributed by atoms with Crippen LogP contribution in [0, 0.1) is 6.92 Å². The van der Waals surface area contributed by atoms with Crippen molar-refractivity contribution in [3.8, 4) is 0 Å². The van der Waals surface area contributed by atoms with Crippen molar-refractivity contribution in [1.29, 1.82) is 0 Å². The van der Waals surface area contributed by atoms with Gasteiger partial charge in [0.05, 0.1) is 12.6 Å². The first-order valence-corrected chi connectivity index (χ1v) is 5.63. The molecule has 0 saturated carbocycles. The standard InChI is InChI=1S/C12H14N2O2/c1-8-2-5-11(13-6-8)14-7-9-3-4-10(16-9)12(14)15/h2,5-6,9-10H,3-4,7H2,1H3. The van der Waals surface area contributed by atoms with E-state index < -0.39 is 0 Å². The van der Waals surface area contributed by atoms with Crippen LogP contribution >= 0.6 is 0 Å². The molecular formula is C12H14N2O2. The molecule has 2 atom stereocenters. The van der Waals surface area contributed by atoms with E-state index in [1.54, 1.807) is 11.1 Å². The average Bonchev–Trinajstić information content (AvgIpc) is 2.69. The maximum atomic E-state index is 12.0. The van der Waals surface area contributed by atoms with E-state index in [0.29, 0.717) is 6.54 Å². The van der Waals surface area contributed by atoms with E-state index in [2.05, 4.69) is 4.98 Å². The SMILES string of the molecule is Cc1ccc(N2CC3CCC(O3)C2=O)nc1. The quantitative estimate of drug-likeness (QED) is 0.713. The zero-order valence-electron chi connectivity index (χ0n) is 9.22. The monoisotopic (exact) mass is 218 g/mol. The molecule has 0 spiro atoms. The van der Waals surface area contributed by atoms with Gasteiger partial charge in [-0.25, -0.2) is 4.98 Å². The van der Waals surface area contributed by atoms with Crippen molar-refractivity contribution in [2.24, 2.45) is 0 Å². The molecule has 16 heavy (non-hydrogen) atoms. The number of rotatable bonds is 1. The molecule has 2 aliphatic rings. The fourth-order valence-corrected chi connectivity index (χ4v) is 2.32. The molecular weight excluding hydrogens is 204 g/mol. The number of carbonyl (C=O) groups excluding carboxylic acids is 1. The van der Waals surface area contributed by atoms with Gasteiger partial charge in [0.15, 0.2) is 0 Å². The highest BCUT2D eigenvalue weighted by atomic mass is 16.5. The third kappa shape index (κ3) is 1.50. The van der Waals surface area contributed by atoms with Gasteiger partial charge in [-0.15, -0.1) is 0 Å². The third-order valence-electron chi connectivity index (χ3n) is 3.21. The Hall–Kier alpha value is -1.42. The van der Waals surface area contributed by atoms with Crippen LogP contribution in [0.5, 0.6) is 0 Å². The molecule has 2 aliphatic heterocycles. The Balaban J connectivity index is 1.89. The van der Waals surface area contributed by atoms with Gasteiger partial charge < -0.3 is 4.74 Å². The van der Waals surface area contributed by atoms with Crippen LogP contribution in [-0.2, 0) is 9.53 Å². The Morgan fingerprint density at radius 2 is 2.31 bits per heavy atom. The number of hydrogen-bond donors (Lipinski definition) is 0. The first kappa shape index (κ1) is 9.78. The van der Waals surface area contributed by atoms with E-state index in [0.717, 1.165) is 24.2 Å². The van der Waals surface area contributed by atoms with Crippen LogP contribution in [-0.4, -0.2) is 29.6 Å². The van der Waals surface area contributed by atoms with E-state index in [1.807, 2.05) is 19.1 Å². The Morgan fingerprint density at radius 3 is 3.06 bits per heavy atom. The summed E-state index contributed by atoms with van der Waals surface area (Å²) >= 11 is 0. The lowest BCUT2D eigenvalue weighted by Gasteiger charge is -2.30. The van der Waals surface area contributed by atoms with E-state index in [1.165, 1.54) is 0 Å². The minimum absolute atomic E-state index is 0.0603. The molecule has 1 amide bonds. The minimum atomic E-state index is -0.234. The summed E-state index contributed by atoms with van der Waals surface area (Å²) in [7, 11) is 0. The Labute approximate surface area is 94.2 Å². The summed E-state index contributed by atoms with van der Waals surface area (Å²) in [5.41, 5.74) is 1.10. The maximum Gasteiger partial charge on any atom is 0.257 e. The van der Waals surface area contributed by atoms with E-state index in [9.17, 15) is 4.79 Å². The molecule has 2 unspecified atom stereocenters.